The summed E-state index contributed by atoms with van der Waals surface area (Å²) in [4.78, 5) is 6.55. The first-order chi connectivity index (χ1) is 8.92. The van der Waals surface area contributed by atoms with Crippen molar-refractivity contribution in [2.24, 2.45) is 0 Å². The second-order valence-corrected chi connectivity index (χ2v) is 4.66. The molecule has 3 rings (SSSR count). The maximum absolute atomic E-state index is 4.06. The molecule has 0 aliphatic carbocycles. The number of nitrogens with one attached hydrogen (secondary N) is 1. The van der Waals surface area contributed by atoms with E-state index in [-0.39, 0.29) is 24.8 Å². The lowest BCUT2D eigenvalue weighted by Gasteiger charge is -2.27. The zero-order chi connectivity index (χ0) is 12.2. The Labute approximate surface area is 132 Å². The molecule has 1 aliphatic rings. The summed E-state index contributed by atoms with van der Waals surface area (Å²) in [6.07, 6.45) is 5.59. The topological polar surface area (TPSA) is 33.1 Å². The molecule has 1 fully saturated rings. The largest absolute Gasteiger partial charge is 0.314 e. The number of aromatic nitrogens is 2. The van der Waals surface area contributed by atoms with Gasteiger partial charge in [-0.05, 0) is 17.7 Å². The summed E-state index contributed by atoms with van der Waals surface area (Å²) in [5, 5.41) is 3.38. The molecule has 0 saturated carbocycles. The SMILES string of the molecule is Cl.Cl.c1cn(-c2ccc(CN3CCNCC3)cc2)cn1. The van der Waals surface area contributed by atoms with Crippen LogP contribution in [0, 0.1) is 0 Å². The number of halogens is 2. The van der Waals surface area contributed by atoms with Gasteiger partial charge in [-0.15, -0.1) is 24.8 Å². The Balaban J connectivity index is 0.000001000. The fourth-order valence-electron chi connectivity index (χ4n) is 2.31. The third-order valence-electron chi connectivity index (χ3n) is 3.35. The van der Waals surface area contributed by atoms with Crippen molar-refractivity contribution in [1.29, 1.82) is 0 Å². The average molecular weight is 315 g/mol. The summed E-state index contributed by atoms with van der Waals surface area (Å²) >= 11 is 0. The van der Waals surface area contributed by atoms with Gasteiger partial charge in [-0.3, -0.25) is 4.90 Å². The second-order valence-electron chi connectivity index (χ2n) is 4.66. The fourth-order valence-corrected chi connectivity index (χ4v) is 2.31. The normalized spacial score (nSPS) is 15.2. The van der Waals surface area contributed by atoms with Crippen molar-refractivity contribution in [3.63, 3.8) is 0 Å². The summed E-state index contributed by atoms with van der Waals surface area (Å²) < 4.78 is 2.02. The van der Waals surface area contributed by atoms with E-state index in [9.17, 15) is 0 Å². The maximum Gasteiger partial charge on any atom is 0.0991 e. The summed E-state index contributed by atoms with van der Waals surface area (Å²) in [5.74, 6) is 0. The lowest BCUT2D eigenvalue weighted by Crippen LogP contribution is -2.42. The lowest BCUT2D eigenvalue weighted by atomic mass is 10.2. The zero-order valence-corrected chi connectivity index (χ0v) is 12.9. The first-order valence-electron chi connectivity index (χ1n) is 6.42. The van der Waals surface area contributed by atoms with Crippen LogP contribution in [0.5, 0.6) is 0 Å². The number of hydrogen-bond donors (Lipinski definition) is 1. The van der Waals surface area contributed by atoms with E-state index in [0.29, 0.717) is 0 Å². The summed E-state index contributed by atoms with van der Waals surface area (Å²) in [5.41, 5.74) is 2.54. The molecule has 1 N–H and O–H groups in total. The molecule has 0 spiro atoms. The zero-order valence-electron chi connectivity index (χ0n) is 11.2. The molecule has 4 nitrogen and oxygen atoms in total. The van der Waals surface area contributed by atoms with E-state index in [4.69, 9.17) is 0 Å². The van der Waals surface area contributed by atoms with E-state index >= 15 is 0 Å². The van der Waals surface area contributed by atoms with Gasteiger partial charge >= 0.3 is 0 Å². The Bertz CT molecular complexity index is 478. The van der Waals surface area contributed by atoms with Gasteiger partial charge in [0.1, 0.15) is 0 Å². The summed E-state index contributed by atoms with van der Waals surface area (Å²) in [7, 11) is 0. The van der Waals surface area contributed by atoms with Crippen LogP contribution in [0.3, 0.4) is 0 Å². The number of imidazole rings is 1. The van der Waals surface area contributed by atoms with Crippen molar-refractivity contribution < 1.29 is 0 Å². The van der Waals surface area contributed by atoms with E-state index in [1.165, 1.54) is 5.56 Å². The predicted molar refractivity (Wildman–Crippen MR) is 86.2 cm³/mol. The molecule has 0 atom stereocenters. The van der Waals surface area contributed by atoms with Gasteiger partial charge in [0.15, 0.2) is 0 Å². The standard InChI is InChI=1S/C14H18N4.2ClH/c1-3-14(18-10-7-16-12-18)4-2-13(1)11-17-8-5-15-6-9-17;;/h1-4,7,10,12,15H,5-6,8-9,11H2;2*1H. The Hall–Kier alpha value is -1.07. The van der Waals surface area contributed by atoms with Crippen molar-refractivity contribution in [3.8, 4) is 5.69 Å². The van der Waals surface area contributed by atoms with Crippen molar-refractivity contribution in [3.05, 3.63) is 48.5 Å². The first-order valence-corrected chi connectivity index (χ1v) is 6.42. The van der Waals surface area contributed by atoms with Crippen molar-refractivity contribution in [1.82, 2.24) is 19.8 Å². The Morgan fingerprint density at radius 1 is 1.05 bits per heavy atom. The van der Waals surface area contributed by atoms with Gasteiger partial charge in [0.05, 0.1) is 6.33 Å². The second kappa shape index (κ2) is 8.27. The molecular weight excluding hydrogens is 295 g/mol. The van der Waals surface area contributed by atoms with Gasteiger partial charge in [0, 0.05) is 50.8 Å². The highest BCUT2D eigenvalue weighted by Gasteiger charge is 2.09. The van der Waals surface area contributed by atoms with Gasteiger partial charge in [-0.2, -0.15) is 0 Å². The van der Waals surface area contributed by atoms with Crippen LogP contribution >= 0.6 is 24.8 Å². The molecule has 110 valence electrons. The predicted octanol–water partition coefficient (Wildman–Crippen LogP) is 2.12. The minimum Gasteiger partial charge on any atom is -0.314 e. The number of nitrogens with zero attached hydrogens (tertiary/aromatic N) is 3. The van der Waals surface area contributed by atoms with Crippen LogP contribution in [0.4, 0.5) is 0 Å². The van der Waals surface area contributed by atoms with Crippen LogP contribution in [0.1, 0.15) is 5.56 Å². The lowest BCUT2D eigenvalue weighted by molar-refractivity contribution is 0.233. The number of piperazine rings is 1. The van der Waals surface area contributed by atoms with Gasteiger partial charge in [-0.1, -0.05) is 12.1 Å². The minimum absolute atomic E-state index is 0. The number of benzene rings is 1. The van der Waals surface area contributed by atoms with Gasteiger partial charge in [-0.25, -0.2) is 4.98 Å². The average Bonchev–Trinajstić information content (AvgIpc) is 2.95. The van der Waals surface area contributed by atoms with Gasteiger partial charge in [0.25, 0.3) is 0 Å². The molecule has 0 radical (unpaired) electrons. The molecular formula is C14H20Cl2N4. The monoisotopic (exact) mass is 314 g/mol. The maximum atomic E-state index is 4.06. The fraction of sp³-hybridized carbons (Fsp3) is 0.357. The van der Waals surface area contributed by atoms with Crippen LogP contribution in [0.15, 0.2) is 43.0 Å². The number of hydrogen-bond acceptors (Lipinski definition) is 3. The van der Waals surface area contributed by atoms with E-state index in [0.717, 1.165) is 38.4 Å². The highest BCUT2D eigenvalue weighted by molar-refractivity contribution is 5.85. The minimum atomic E-state index is 0. The van der Waals surface area contributed by atoms with E-state index in [1.807, 2.05) is 17.1 Å². The Kier molecular flexibility index (Phi) is 7.02. The van der Waals surface area contributed by atoms with Crippen LogP contribution in [0.2, 0.25) is 0 Å². The Morgan fingerprint density at radius 2 is 1.75 bits per heavy atom. The smallest absolute Gasteiger partial charge is 0.0991 e. The molecule has 2 aromatic rings. The van der Waals surface area contributed by atoms with E-state index < -0.39 is 0 Å². The highest BCUT2D eigenvalue weighted by Crippen LogP contribution is 2.11. The molecule has 0 unspecified atom stereocenters. The highest BCUT2D eigenvalue weighted by atomic mass is 35.5. The van der Waals surface area contributed by atoms with Gasteiger partial charge in [0.2, 0.25) is 0 Å². The van der Waals surface area contributed by atoms with E-state index in [1.54, 1.807) is 6.20 Å². The first kappa shape index (κ1) is 17.0. The number of rotatable bonds is 3. The van der Waals surface area contributed by atoms with Crippen LogP contribution in [0.25, 0.3) is 5.69 Å². The quantitative estimate of drug-likeness (QED) is 0.942. The molecule has 0 amide bonds. The molecule has 1 aromatic carbocycles. The molecule has 1 aromatic heterocycles. The van der Waals surface area contributed by atoms with Crippen LogP contribution in [-0.2, 0) is 6.54 Å². The molecule has 2 heterocycles. The third-order valence-corrected chi connectivity index (χ3v) is 3.35. The summed E-state index contributed by atoms with van der Waals surface area (Å²) in [6, 6.07) is 8.72. The third kappa shape index (κ3) is 4.21. The Morgan fingerprint density at radius 3 is 2.35 bits per heavy atom. The molecule has 1 aliphatic heterocycles. The van der Waals surface area contributed by atoms with E-state index in [2.05, 4.69) is 39.5 Å². The summed E-state index contributed by atoms with van der Waals surface area (Å²) in [6.45, 7) is 5.54. The van der Waals surface area contributed by atoms with Crippen molar-refractivity contribution >= 4 is 24.8 Å². The van der Waals surface area contributed by atoms with Gasteiger partial charge < -0.3 is 9.88 Å². The van der Waals surface area contributed by atoms with Crippen molar-refractivity contribution in [2.75, 3.05) is 26.2 Å². The molecule has 1 saturated heterocycles. The molecule has 6 heteroatoms. The van der Waals surface area contributed by atoms with Crippen molar-refractivity contribution in [2.45, 2.75) is 6.54 Å². The molecule has 0 bridgehead atoms. The van der Waals surface area contributed by atoms with Crippen LogP contribution in [-0.4, -0.2) is 40.6 Å². The molecule has 20 heavy (non-hydrogen) atoms. The van der Waals surface area contributed by atoms with Crippen LogP contribution < -0.4 is 5.32 Å².